The van der Waals surface area contributed by atoms with Gasteiger partial charge in [-0.15, -0.1) is 0 Å². The summed E-state index contributed by atoms with van der Waals surface area (Å²) >= 11 is 0. The number of carbonyl (C=O) groups is 2. The van der Waals surface area contributed by atoms with E-state index >= 15 is 0 Å². The predicted molar refractivity (Wildman–Crippen MR) is 111 cm³/mol. The van der Waals surface area contributed by atoms with E-state index in [0.29, 0.717) is 0 Å². The SMILES string of the molecule is O=C(N[C@@H](CCOC(C(F)(F)F)(C(F)(F)F)C(F)(F)F)C(=O)O)OCC1c2ccccc2-c2ccccc21. The Morgan fingerprint density at radius 1 is 0.816 bits per heavy atom. The first-order chi connectivity index (χ1) is 17.5. The minimum atomic E-state index is -6.97. The first-order valence-corrected chi connectivity index (χ1v) is 10.7. The van der Waals surface area contributed by atoms with E-state index in [-0.39, 0.29) is 6.61 Å². The van der Waals surface area contributed by atoms with E-state index < -0.39 is 61.2 Å². The summed E-state index contributed by atoms with van der Waals surface area (Å²) in [5, 5.41) is 10.9. The summed E-state index contributed by atoms with van der Waals surface area (Å²) in [7, 11) is 0. The number of ether oxygens (including phenoxy) is 2. The Hall–Kier alpha value is -3.49. The highest BCUT2D eigenvalue weighted by Gasteiger charge is 2.85. The van der Waals surface area contributed by atoms with E-state index in [1.165, 1.54) is 0 Å². The highest BCUT2D eigenvalue weighted by Crippen LogP contribution is 2.55. The lowest BCUT2D eigenvalue weighted by atomic mass is 9.98. The molecule has 15 heteroatoms. The van der Waals surface area contributed by atoms with Gasteiger partial charge in [-0.2, -0.15) is 39.5 Å². The van der Waals surface area contributed by atoms with Crippen LogP contribution in [0.1, 0.15) is 23.5 Å². The van der Waals surface area contributed by atoms with Crippen molar-refractivity contribution in [3.8, 4) is 11.1 Å². The fourth-order valence-corrected chi connectivity index (χ4v) is 4.10. The topological polar surface area (TPSA) is 84.9 Å². The lowest BCUT2D eigenvalue weighted by molar-refractivity contribution is -0.457. The fourth-order valence-electron chi connectivity index (χ4n) is 4.10. The molecule has 6 nitrogen and oxygen atoms in total. The van der Waals surface area contributed by atoms with Gasteiger partial charge in [-0.05, 0) is 22.3 Å². The quantitative estimate of drug-likeness (QED) is 0.399. The number of carbonyl (C=O) groups excluding carboxylic acids is 1. The second-order valence-corrected chi connectivity index (χ2v) is 8.17. The Morgan fingerprint density at radius 3 is 1.68 bits per heavy atom. The minimum absolute atomic E-state index is 0.317. The van der Waals surface area contributed by atoms with E-state index in [9.17, 15) is 54.2 Å². The summed E-state index contributed by atoms with van der Waals surface area (Å²) in [6.07, 6.45) is -23.7. The number of amides is 1. The Kier molecular flexibility index (Phi) is 7.91. The molecule has 38 heavy (non-hydrogen) atoms. The molecule has 3 rings (SSSR count). The summed E-state index contributed by atoms with van der Waals surface area (Å²) in [6, 6.07) is 12.0. The summed E-state index contributed by atoms with van der Waals surface area (Å²) in [4.78, 5) is 23.6. The van der Waals surface area contributed by atoms with Crippen molar-refractivity contribution in [2.45, 2.75) is 42.5 Å². The zero-order chi connectivity index (χ0) is 28.5. The Bertz CT molecular complexity index is 1100. The van der Waals surface area contributed by atoms with Crippen LogP contribution in [0.25, 0.3) is 11.1 Å². The van der Waals surface area contributed by atoms with Gasteiger partial charge in [-0.3, -0.25) is 0 Å². The molecule has 0 heterocycles. The third-order valence-electron chi connectivity index (χ3n) is 5.86. The summed E-state index contributed by atoms with van der Waals surface area (Å²) in [5.41, 5.74) is -3.26. The number of aliphatic carboxylic acids is 1. The van der Waals surface area contributed by atoms with Gasteiger partial charge in [0, 0.05) is 12.3 Å². The van der Waals surface area contributed by atoms with Gasteiger partial charge in [0.25, 0.3) is 0 Å². The van der Waals surface area contributed by atoms with Crippen molar-refractivity contribution in [2.75, 3.05) is 13.2 Å². The molecular weight excluding hydrogens is 541 g/mol. The van der Waals surface area contributed by atoms with E-state index in [4.69, 9.17) is 4.74 Å². The largest absolute Gasteiger partial charge is 0.480 e. The number of rotatable bonds is 8. The molecule has 0 spiro atoms. The van der Waals surface area contributed by atoms with Crippen LogP contribution in [0.3, 0.4) is 0 Å². The molecule has 2 aromatic carbocycles. The molecule has 1 amide bonds. The van der Waals surface area contributed by atoms with Gasteiger partial charge in [0.2, 0.25) is 0 Å². The average molecular weight is 559 g/mol. The molecule has 1 aliphatic rings. The van der Waals surface area contributed by atoms with Gasteiger partial charge in [-0.1, -0.05) is 48.5 Å². The summed E-state index contributed by atoms with van der Waals surface area (Å²) < 4.78 is 125. The highest BCUT2D eigenvalue weighted by atomic mass is 19.4. The average Bonchev–Trinajstić information content (AvgIpc) is 3.10. The zero-order valence-corrected chi connectivity index (χ0v) is 18.9. The minimum Gasteiger partial charge on any atom is -0.480 e. The van der Waals surface area contributed by atoms with Crippen molar-refractivity contribution in [3.63, 3.8) is 0 Å². The molecule has 1 aliphatic carbocycles. The molecule has 0 bridgehead atoms. The summed E-state index contributed by atoms with van der Waals surface area (Å²) in [5.74, 6) is -2.43. The number of nitrogens with one attached hydrogen (secondary N) is 1. The van der Waals surface area contributed by atoms with Crippen molar-refractivity contribution < 1.29 is 63.7 Å². The van der Waals surface area contributed by atoms with Crippen LogP contribution in [-0.2, 0) is 14.3 Å². The number of hydrogen-bond acceptors (Lipinski definition) is 4. The monoisotopic (exact) mass is 559 g/mol. The van der Waals surface area contributed by atoms with Crippen LogP contribution in [0, 0.1) is 0 Å². The van der Waals surface area contributed by atoms with Crippen LogP contribution in [0.15, 0.2) is 48.5 Å². The fraction of sp³-hybridized carbons (Fsp3) is 0.391. The van der Waals surface area contributed by atoms with Crippen LogP contribution in [-0.4, -0.2) is 60.6 Å². The Morgan fingerprint density at radius 2 is 1.26 bits per heavy atom. The van der Waals surface area contributed by atoms with Crippen LogP contribution in [0.5, 0.6) is 0 Å². The smallest absolute Gasteiger partial charge is 0.435 e. The first kappa shape index (κ1) is 29.1. The zero-order valence-electron chi connectivity index (χ0n) is 18.9. The second-order valence-electron chi connectivity index (χ2n) is 8.17. The molecule has 0 saturated heterocycles. The van der Waals surface area contributed by atoms with E-state index in [1.807, 2.05) is 12.1 Å². The second kappa shape index (κ2) is 10.3. The number of carboxylic acids is 1. The molecule has 1 atom stereocenters. The Balaban J connectivity index is 1.67. The lowest BCUT2D eigenvalue weighted by Crippen LogP contribution is -2.68. The third-order valence-corrected chi connectivity index (χ3v) is 5.86. The molecule has 0 saturated carbocycles. The number of hydrogen-bond donors (Lipinski definition) is 2. The van der Waals surface area contributed by atoms with Gasteiger partial charge >= 0.3 is 36.2 Å². The van der Waals surface area contributed by atoms with Crippen molar-refractivity contribution in [1.29, 1.82) is 0 Å². The molecule has 0 aliphatic heterocycles. The Labute approximate surface area is 208 Å². The lowest BCUT2D eigenvalue weighted by Gasteiger charge is -2.38. The summed E-state index contributed by atoms with van der Waals surface area (Å²) in [6.45, 7) is -2.29. The van der Waals surface area contributed by atoms with Crippen LogP contribution < -0.4 is 5.32 Å². The molecular formula is C23H18F9NO5. The van der Waals surface area contributed by atoms with E-state index in [1.54, 1.807) is 41.7 Å². The van der Waals surface area contributed by atoms with Gasteiger partial charge in [0.15, 0.2) is 0 Å². The van der Waals surface area contributed by atoms with Crippen molar-refractivity contribution >= 4 is 12.1 Å². The van der Waals surface area contributed by atoms with Crippen molar-refractivity contribution in [1.82, 2.24) is 5.32 Å². The van der Waals surface area contributed by atoms with Gasteiger partial charge in [0.1, 0.15) is 12.6 Å². The van der Waals surface area contributed by atoms with Crippen LogP contribution in [0.4, 0.5) is 44.3 Å². The van der Waals surface area contributed by atoms with E-state index in [0.717, 1.165) is 22.3 Å². The molecule has 208 valence electrons. The number of carboxylic acid groups (broad SMARTS) is 1. The molecule has 0 radical (unpaired) electrons. The van der Waals surface area contributed by atoms with Crippen LogP contribution in [0.2, 0.25) is 0 Å². The maximum absolute atomic E-state index is 12.9. The predicted octanol–water partition coefficient (Wildman–Crippen LogP) is 5.81. The highest BCUT2D eigenvalue weighted by molar-refractivity contribution is 5.81. The van der Waals surface area contributed by atoms with Crippen LogP contribution >= 0.6 is 0 Å². The number of benzene rings is 2. The molecule has 0 unspecified atom stereocenters. The van der Waals surface area contributed by atoms with Crippen molar-refractivity contribution in [3.05, 3.63) is 59.7 Å². The first-order valence-electron chi connectivity index (χ1n) is 10.7. The van der Waals surface area contributed by atoms with Gasteiger partial charge in [0.05, 0.1) is 6.61 Å². The maximum atomic E-state index is 12.9. The molecule has 0 aromatic heterocycles. The standard InChI is InChI=1S/C23H18F9NO5/c24-21(25,26)20(22(27,28)29,23(30,31)32)38-10-9-17(18(34)35)33-19(36)37-11-16-14-7-3-1-5-12(14)13-6-2-4-8-15(13)16/h1-8,16-17H,9-11H2,(H,33,36)(H,34,35)/t17-/m0/s1. The van der Waals surface area contributed by atoms with Gasteiger partial charge < -0.3 is 19.9 Å². The number of halogens is 9. The maximum Gasteiger partial charge on any atom is 0.435 e. The normalized spacial score (nSPS) is 15.0. The number of alkyl carbamates (subject to hydrolysis) is 1. The third kappa shape index (κ3) is 5.37. The number of alkyl halides is 9. The van der Waals surface area contributed by atoms with Gasteiger partial charge in [-0.25, -0.2) is 9.59 Å². The molecule has 0 fully saturated rings. The number of fused-ring (bicyclic) bond motifs is 3. The molecule has 2 N–H and O–H groups in total. The van der Waals surface area contributed by atoms with E-state index in [2.05, 4.69) is 4.74 Å². The molecule has 2 aromatic rings. The van der Waals surface area contributed by atoms with Crippen molar-refractivity contribution in [2.24, 2.45) is 0 Å².